The molecule has 23 heavy (non-hydrogen) atoms. The molecule has 1 N–H and O–H groups in total. The Morgan fingerprint density at radius 1 is 1.26 bits per heavy atom. The zero-order valence-corrected chi connectivity index (χ0v) is 12.4. The third-order valence-corrected chi connectivity index (χ3v) is 2.98. The fraction of sp³-hybridized carbons (Fsp3) is 0.125. The predicted octanol–water partition coefficient (Wildman–Crippen LogP) is 2.60. The van der Waals surface area contributed by atoms with Crippen LogP contribution in [0.4, 0.5) is 5.69 Å². The number of hydrogen-bond acceptors (Lipinski definition) is 6. The number of nitrogens with one attached hydrogen (secondary N) is 1. The Labute approximate surface area is 132 Å². The molecule has 2 heterocycles. The van der Waals surface area contributed by atoms with E-state index in [0.29, 0.717) is 28.7 Å². The van der Waals surface area contributed by atoms with Crippen LogP contribution in [0.15, 0.2) is 53.3 Å². The van der Waals surface area contributed by atoms with E-state index < -0.39 is 0 Å². The van der Waals surface area contributed by atoms with Gasteiger partial charge in [0.1, 0.15) is 5.75 Å². The second-order valence-electron chi connectivity index (χ2n) is 4.71. The largest absolute Gasteiger partial charge is 0.485 e. The van der Waals surface area contributed by atoms with Gasteiger partial charge in [0, 0.05) is 13.1 Å². The van der Waals surface area contributed by atoms with Crippen LogP contribution in [-0.2, 0) is 6.61 Å². The van der Waals surface area contributed by atoms with E-state index in [2.05, 4.69) is 20.4 Å². The van der Waals surface area contributed by atoms with Gasteiger partial charge in [0.2, 0.25) is 11.7 Å². The van der Waals surface area contributed by atoms with Gasteiger partial charge < -0.3 is 14.6 Å². The SMILES string of the molecule is Cc1nc(COc2ccccc2C(=O)Nc2cccnc2)no1. The number of anilines is 1. The lowest BCUT2D eigenvalue weighted by atomic mass is 10.2. The smallest absolute Gasteiger partial charge is 0.259 e. The molecule has 7 heteroatoms. The van der Waals surface area contributed by atoms with E-state index in [0.717, 1.165) is 0 Å². The number of amides is 1. The molecule has 3 rings (SSSR count). The number of nitrogens with zero attached hydrogens (tertiary/aromatic N) is 3. The zero-order chi connectivity index (χ0) is 16.1. The molecule has 0 aliphatic heterocycles. The summed E-state index contributed by atoms with van der Waals surface area (Å²) in [5, 5.41) is 6.52. The van der Waals surface area contributed by atoms with E-state index in [1.54, 1.807) is 55.7 Å². The Balaban J connectivity index is 1.73. The molecule has 0 atom stereocenters. The van der Waals surface area contributed by atoms with Crippen molar-refractivity contribution in [3.8, 4) is 5.75 Å². The zero-order valence-electron chi connectivity index (χ0n) is 12.4. The lowest BCUT2D eigenvalue weighted by Gasteiger charge is -2.10. The summed E-state index contributed by atoms with van der Waals surface area (Å²) < 4.78 is 10.5. The lowest BCUT2D eigenvalue weighted by Crippen LogP contribution is -2.13. The molecule has 116 valence electrons. The molecular formula is C16H14N4O3. The van der Waals surface area contributed by atoms with Gasteiger partial charge in [0.15, 0.2) is 6.61 Å². The first-order valence-corrected chi connectivity index (χ1v) is 6.95. The topological polar surface area (TPSA) is 90.1 Å². The Kier molecular flexibility index (Phi) is 4.28. The summed E-state index contributed by atoms with van der Waals surface area (Å²) in [4.78, 5) is 20.4. The third kappa shape index (κ3) is 3.70. The molecule has 0 aliphatic carbocycles. The second kappa shape index (κ2) is 6.69. The number of aromatic nitrogens is 3. The Morgan fingerprint density at radius 2 is 2.13 bits per heavy atom. The number of benzene rings is 1. The van der Waals surface area contributed by atoms with Crippen LogP contribution in [0.5, 0.6) is 5.75 Å². The van der Waals surface area contributed by atoms with E-state index in [-0.39, 0.29) is 12.5 Å². The molecule has 7 nitrogen and oxygen atoms in total. The van der Waals surface area contributed by atoms with Gasteiger partial charge in [0.05, 0.1) is 17.4 Å². The predicted molar refractivity (Wildman–Crippen MR) is 82.0 cm³/mol. The van der Waals surface area contributed by atoms with Gasteiger partial charge in [-0.05, 0) is 24.3 Å². The van der Waals surface area contributed by atoms with E-state index in [1.165, 1.54) is 0 Å². The van der Waals surface area contributed by atoms with Crippen molar-refractivity contribution in [2.75, 3.05) is 5.32 Å². The second-order valence-corrected chi connectivity index (χ2v) is 4.71. The number of ether oxygens (including phenoxy) is 1. The van der Waals surface area contributed by atoms with Crippen LogP contribution in [0.3, 0.4) is 0 Å². The number of hydrogen-bond donors (Lipinski definition) is 1. The van der Waals surface area contributed by atoms with Gasteiger partial charge in [-0.25, -0.2) is 0 Å². The molecule has 0 fully saturated rings. The van der Waals surface area contributed by atoms with Gasteiger partial charge in [-0.3, -0.25) is 9.78 Å². The Bertz CT molecular complexity index is 802. The van der Waals surface area contributed by atoms with Crippen molar-refractivity contribution in [1.82, 2.24) is 15.1 Å². The summed E-state index contributed by atoms with van der Waals surface area (Å²) in [6.07, 6.45) is 3.21. The molecule has 0 saturated heterocycles. The third-order valence-electron chi connectivity index (χ3n) is 2.98. The minimum absolute atomic E-state index is 0.120. The van der Waals surface area contributed by atoms with Gasteiger partial charge in [0.25, 0.3) is 5.91 Å². The molecular weight excluding hydrogens is 296 g/mol. The highest BCUT2D eigenvalue weighted by atomic mass is 16.5. The first kappa shape index (κ1) is 14.7. The standard InChI is InChI=1S/C16H14N4O3/c1-11-18-15(20-23-11)10-22-14-7-3-2-6-13(14)16(21)19-12-5-4-8-17-9-12/h2-9H,10H2,1H3,(H,19,21). The highest BCUT2D eigenvalue weighted by Crippen LogP contribution is 2.20. The average Bonchev–Trinajstić information content (AvgIpc) is 2.99. The Hall–Kier alpha value is -3.22. The van der Waals surface area contributed by atoms with Crippen LogP contribution in [0.1, 0.15) is 22.1 Å². The highest BCUT2D eigenvalue weighted by Gasteiger charge is 2.13. The maximum Gasteiger partial charge on any atom is 0.259 e. The quantitative estimate of drug-likeness (QED) is 0.779. The highest BCUT2D eigenvalue weighted by molar-refractivity contribution is 6.06. The molecule has 0 radical (unpaired) electrons. The van der Waals surface area contributed by atoms with Crippen molar-refractivity contribution in [3.63, 3.8) is 0 Å². The summed E-state index contributed by atoms with van der Waals surface area (Å²) >= 11 is 0. The van der Waals surface area contributed by atoms with Gasteiger partial charge in [-0.2, -0.15) is 4.98 Å². The fourth-order valence-corrected chi connectivity index (χ4v) is 1.96. The monoisotopic (exact) mass is 310 g/mol. The van der Waals surface area contributed by atoms with Crippen LogP contribution in [0, 0.1) is 6.92 Å². The fourth-order valence-electron chi connectivity index (χ4n) is 1.96. The summed E-state index contributed by atoms with van der Waals surface area (Å²) in [6.45, 7) is 1.82. The summed E-state index contributed by atoms with van der Waals surface area (Å²) in [5.41, 5.74) is 1.03. The van der Waals surface area contributed by atoms with Gasteiger partial charge >= 0.3 is 0 Å². The van der Waals surface area contributed by atoms with Crippen molar-refractivity contribution in [3.05, 3.63) is 66.1 Å². The first-order valence-electron chi connectivity index (χ1n) is 6.95. The lowest BCUT2D eigenvalue weighted by molar-refractivity contribution is 0.102. The molecule has 0 spiro atoms. The van der Waals surface area contributed by atoms with Crippen LogP contribution < -0.4 is 10.1 Å². The van der Waals surface area contributed by atoms with Crippen molar-refractivity contribution < 1.29 is 14.1 Å². The summed E-state index contributed by atoms with van der Waals surface area (Å²) in [6, 6.07) is 10.5. The number of para-hydroxylation sites is 1. The molecule has 0 saturated carbocycles. The molecule has 0 unspecified atom stereocenters. The van der Waals surface area contributed by atoms with E-state index in [9.17, 15) is 4.79 Å². The molecule has 3 aromatic rings. The van der Waals surface area contributed by atoms with E-state index in [1.807, 2.05) is 0 Å². The van der Waals surface area contributed by atoms with E-state index >= 15 is 0 Å². The normalized spacial score (nSPS) is 10.3. The van der Waals surface area contributed by atoms with E-state index in [4.69, 9.17) is 9.26 Å². The van der Waals surface area contributed by atoms with Crippen molar-refractivity contribution >= 4 is 11.6 Å². The van der Waals surface area contributed by atoms with Gasteiger partial charge in [-0.1, -0.05) is 17.3 Å². The number of carbonyl (C=O) groups is 1. The molecule has 0 aliphatic rings. The molecule has 0 bridgehead atoms. The van der Waals surface area contributed by atoms with Crippen LogP contribution in [-0.4, -0.2) is 21.0 Å². The van der Waals surface area contributed by atoms with Crippen molar-refractivity contribution in [1.29, 1.82) is 0 Å². The maximum absolute atomic E-state index is 12.4. The van der Waals surface area contributed by atoms with Crippen LogP contribution >= 0.6 is 0 Å². The molecule has 2 aromatic heterocycles. The summed E-state index contributed by atoms with van der Waals surface area (Å²) in [7, 11) is 0. The first-order chi connectivity index (χ1) is 11.2. The maximum atomic E-state index is 12.4. The van der Waals surface area contributed by atoms with Crippen molar-refractivity contribution in [2.24, 2.45) is 0 Å². The summed E-state index contributed by atoms with van der Waals surface area (Å²) in [5.74, 6) is 1.05. The average molecular weight is 310 g/mol. The molecule has 1 aromatic carbocycles. The molecule has 1 amide bonds. The number of rotatable bonds is 5. The van der Waals surface area contributed by atoms with Crippen molar-refractivity contribution in [2.45, 2.75) is 13.5 Å². The minimum atomic E-state index is -0.280. The minimum Gasteiger partial charge on any atom is -0.485 e. The van der Waals surface area contributed by atoms with Crippen LogP contribution in [0.2, 0.25) is 0 Å². The van der Waals surface area contributed by atoms with Crippen LogP contribution in [0.25, 0.3) is 0 Å². The van der Waals surface area contributed by atoms with Gasteiger partial charge in [-0.15, -0.1) is 0 Å². The number of aryl methyl sites for hydroxylation is 1. The Morgan fingerprint density at radius 3 is 2.87 bits per heavy atom. The number of carbonyl (C=O) groups excluding carboxylic acids is 1. The number of pyridine rings is 1.